The first-order chi connectivity index (χ1) is 8.59. The molecule has 18 heavy (non-hydrogen) atoms. The molecule has 5 heteroatoms. The number of rotatable bonds is 3. The zero-order valence-electron chi connectivity index (χ0n) is 10.0. The number of fused-ring (bicyclic) bond motifs is 1. The lowest BCUT2D eigenvalue weighted by molar-refractivity contribution is -0.382. The van der Waals surface area contributed by atoms with Gasteiger partial charge in [-0.15, -0.1) is 0 Å². The summed E-state index contributed by atoms with van der Waals surface area (Å²) >= 11 is 0. The third kappa shape index (κ3) is 1.77. The predicted octanol–water partition coefficient (Wildman–Crippen LogP) is 3.11. The van der Waals surface area contributed by atoms with E-state index in [-0.39, 0.29) is 16.1 Å². The van der Waals surface area contributed by atoms with Crippen molar-refractivity contribution in [1.82, 2.24) is 4.98 Å². The summed E-state index contributed by atoms with van der Waals surface area (Å²) in [5.41, 5.74) is 1.37. The zero-order valence-corrected chi connectivity index (χ0v) is 10.0. The fourth-order valence-electron chi connectivity index (χ4n) is 2.07. The van der Waals surface area contributed by atoms with Gasteiger partial charge in [-0.05, 0) is 44.0 Å². The van der Waals surface area contributed by atoms with Crippen molar-refractivity contribution in [2.75, 3.05) is 5.32 Å². The van der Waals surface area contributed by atoms with Gasteiger partial charge in [-0.3, -0.25) is 15.1 Å². The van der Waals surface area contributed by atoms with Gasteiger partial charge in [0.15, 0.2) is 0 Å². The Morgan fingerprint density at radius 3 is 2.83 bits per heavy atom. The fraction of sp³-hybridized carbons (Fsp3) is 0.308. The first-order valence-corrected chi connectivity index (χ1v) is 5.89. The second kappa shape index (κ2) is 3.66. The largest absolute Gasteiger partial charge is 0.374 e. The van der Waals surface area contributed by atoms with E-state index in [1.165, 1.54) is 0 Å². The van der Waals surface area contributed by atoms with E-state index in [1.54, 1.807) is 24.4 Å². The molecule has 1 aromatic heterocycles. The van der Waals surface area contributed by atoms with Crippen LogP contribution >= 0.6 is 0 Å². The average Bonchev–Trinajstić information content (AvgIpc) is 3.06. The van der Waals surface area contributed by atoms with Gasteiger partial charge in [0, 0.05) is 11.7 Å². The third-order valence-corrected chi connectivity index (χ3v) is 3.38. The van der Waals surface area contributed by atoms with E-state index in [9.17, 15) is 10.1 Å². The van der Waals surface area contributed by atoms with E-state index in [0.29, 0.717) is 16.6 Å². The fourth-order valence-corrected chi connectivity index (χ4v) is 2.07. The summed E-state index contributed by atoms with van der Waals surface area (Å²) < 4.78 is 0. The molecule has 0 radical (unpaired) electrons. The van der Waals surface area contributed by atoms with Crippen molar-refractivity contribution in [3.05, 3.63) is 40.6 Å². The minimum atomic E-state index is -0.335. The van der Waals surface area contributed by atoms with E-state index in [4.69, 9.17) is 0 Å². The predicted molar refractivity (Wildman–Crippen MR) is 69.7 cm³/mol. The quantitative estimate of drug-likeness (QED) is 0.664. The van der Waals surface area contributed by atoms with Crippen molar-refractivity contribution in [2.45, 2.75) is 25.3 Å². The number of nitrogens with one attached hydrogen (secondary N) is 1. The molecule has 0 atom stereocenters. The summed E-state index contributed by atoms with van der Waals surface area (Å²) in [4.78, 5) is 15.1. The lowest BCUT2D eigenvalue weighted by Gasteiger charge is -2.14. The Morgan fingerprint density at radius 1 is 1.39 bits per heavy atom. The summed E-state index contributed by atoms with van der Waals surface area (Å²) in [5.74, 6) is 0. The molecule has 0 aliphatic heterocycles. The lowest BCUT2D eigenvalue weighted by Crippen LogP contribution is -2.16. The molecule has 0 saturated heterocycles. The summed E-state index contributed by atoms with van der Waals surface area (Å²) in [6.07, 6.45) is 3.74. The number of hydrogen-bond donors (Lipinski definition) is 1. The van der Waals surface area contributed by atoms with Gasteiger partial charge in [0.25, 0.3) is 0 Å². The highest BCUT2D eigenvalue weighted by Crippen LogP contribution is 2.42. The molecule has 1 aliphatic rings. The molecule has 0 spiro atoms. The molecule has 1 fully saturated rings. The molecule has 0 unspecified atom stereocenters. The first-order valence-electron chi connectivity index (χ1n) is 5.89. The van der Waals surface area contributed by atoms with Gasteiger partial charge < -0.3 is 5.32 Å². The summed E-state index contributed by atoms with van der Waals surface area (Å²) in [6, 6.07) is 7.02. The van der Waals surface area contributed by atoms with Crippen molar-refractivity contribution in [2.24, 2.45) is 0 Å². The summed E-state index contributed by atoms with van der Waals surface area (Å²) in [7, 11) is 0. The SMILES string of the molecule is CC1(Nc2ccc3ncccc3c2[N+](=O)[O-])CC1. The van der Waals surface area contributed by atoms with Gasteiger partial charge in [-0.25, -0.2) is 0 Å². The van der Waals surface area contributed by atoms with Crippen LogP contribution in [0.15, 0.2) is 30.5 Å². The van der Waals surface area contributed by atoms with Gasteiger partial charge in [0.1, 0.15) is 5.69 Å². The smallest absolute Gasteiger partial charge is 0.301 e. The minimum absolute atomic E-state index is 0.0145. The van der Waals surface area contributed by atoms with Crippen LogP contribution in [0.3, 0.4) is 0 Å². The van der Waals surface area contributed by atoms with Gasteiger partial charge in [0.2, 0.25) is 0 Å². The molecule has 1 saturated carbocycles. The molecule has 3 rings (SSSR count). The Labute approximate surface area is 104 Å². The maximum atomic E-state index is 11.3. The molecule has 0 amide bonds. The molecule has 1 N–H and O–H groups in total. The third-order valence-electron chi connectivity index (χ3n) is 3.38. The Hall–Kier alpha value is -2.17. The Morgan fingerprint density at radius 2 is 2.17 bits per heavy atom. The topological polar surface area (TPSA) is 68.1 Å². The number of aromatic nitrogens is 1. The van der Waals surface area contributed by atoms with E-state index in [0.717, 1.165) is 12.8 Å². The maximum Gasteiger partial charge on any atom is 0.301 e. The van der Waals surface area contributed by atoms with Crippen molar-refractivity contribution >= 4 is 22.3 Å². The van der Waals surface area contributed by atoms with E-state index in [1.807, 2.05) is 6.07 Å². The molecule has 0 bridgehead atoms. The van der Waals surface area contributed by atoms with E-state index >= 15 is 0 Å². The number of nitro groups is 1. The Bertz CT molecular complexity index is 635. The Balaban J connectivity index is 2.18. The molecule has 1 aromatic carbocycles. The van der Waals surface area contributed by atoms with Crippen molar-refractivity contribution in [3.63, 3.8) is 0 Å². The zero-order chi connectivity index (χ0) is 12.8. The van der Waals surface area contributed by atoms with Crippen molar-refractivity contribution < 1.29 is 4.92 Å². The first kappa shape index (κ1) is 11.0. The number of nitro benzene ring substituents is 1. The van der Waals surface area contributed by atoms with Crippen LogP contribution in [-0.2, 0) is 0 Å². The van der Waals surface area contributed by atoms with Crippen molar-refractivity contribution in [3.8, 4) is 0 Å². The number of benzene rings is 1. The van der Waals surface area contributed by atoms with E-state index < -0.39 is 0 Å². The highest BCUT2D eigenvalue weighted by atomic mass is 16.6. The number of pyridine rings is 1. The highest BCUT2D eigenvalue weighted by Gasteiger charge is 2.38. The molecular weight excluding hydrogens is 230 g/mol. The standard InChI is InChI=1S/C13H13N3O2/c1-13(6-7-13)15-11-5-4-10-9(3-2-8-14-10)12(11)16(17)18/h2-5,8,15H,6-7H2,1H3. The van der Waals surface area contributed by atoms with Gasteiger partial charge >= 0.3 is 5.69 Å². The van der Waals surface area contributed by atoms with Crippen LogP contribution < -0.4 is 5.32 Å². The Kier molecular flexibility index (Phi) is 2.23. The minimum Gasteiger partial charge on any atom is -0.374 e. The number of nitrogens with zero attached hydrogens (tertiary/aromatic N) is 2. The summed E-state index contributed by atoms with van der Waals surface area (Å²) in [6.45, 7) is 2.07. The van der Waals surface area contributed by atoms with Crippen LogP contribution in [0, 0.1) is 10.1 Å². The maximum absolute atomic E-state index is 11.3. The lowest BCUT2D eigenvalue weighted by atomic mass is 10.1. The monoisotopic (exact) mass is 243 g/mol. The second-order valence-electron chi connectivity index (χ2n) is 4.97. The van der Waals surface area contributed by atoms with Crippen molar-refractivity contribution in [1.29, 1.82) is 0 Å². The van der Waals surface area contributed by atoms with Gasteiger partial charge in [-0.2, -0.15) is 0 Å². The van der Waals surface area contributed by atoms with E-state index in [2.05, 4.69) is 17.2 Å². The molecule has 1 aliphatic carbocycles. The van der Waals surface area contributed by atoms with Crippen LogP contribution in [0.1, 0.15) is 19.8 Å². The normalized spacial score (nSPS) is 16.5. The van der Waals surface area contributed by atoms with Crippen LogP contribution in [-0.4, -0.2) is 15.4 Å². The van der Waals surface area contributed by atoms with Crippen LogP contribution in [0.2, 0.25) is 0 Å². The van der Waals surface area contributed by atoms with Crippen LogP contribution in [0.4, 0.5) is 11.4 Å². The molecule has 1 heterocycles. The number of hydrogen-bond acceptors (Lipinski definition) is 4. The molecular formula is C13H13N3O2. The highest BCUT2D eigenvalue weighted by molar-refractivity contribution is 5.94. The molecule has 2 aromatic rings. The van der Waals surface area contributed by atoms with Gasteiger partial charge in [-0.1, -0.05) is 0 Å². The second-order valence-corrected chi connectivity index (χ2v) is 4.97. The molecule has 5 nitrogen and oxygen atoms in total. The molecule has 92 valence electrons. The number of anilines is 1. The van der Waals surface area contributed by atoms with Gasteiger partial charge in [0.05, 0.1) is 15.8 Å². The van der Waals surface area contributed by atoms with Crippen LogP contribution in [0.5, 0.6) is 0 Å². The van der Waals surface area contributed by atoms with Crippen LogP contribution in [0.25, 0.3) is 10.9 Å². The average molecular weight is 243 g/mol. The summed E-state index contributed by atoms with van der Waals surface area (Å²) in [5, 5.41) is 15.1.